The molecule has 2 amide bonds. The third-order valence-electron chi connectivity index (χ3n) is 4.62. The van der Waals surface area contributed by atoms with E-state index in [0.717, 1.165) is 38.2 Å². The van der Waals surface area contributed by atoms with Gasteiger partial charge in [0.2, 0.25) is 5.91 Å². The topological polar surface area (TPSA) is 53.5 Å². The Kier molecular flexibility index (Phi) is 4.14. The van der Waals surface area contributed by atoms with Gasteiger partial charge in [-0.3, -0.25) is 9.59 Å². The molecule has 0 aromatic carbocycles. The highest BCUT2D eigenvalue weighted by molar-refractivity contribution is 5.92. The zero-order valence-electron chi connectivity index (χ0n) is 13.3. The van der Waals surface area contributed by atoms with E-state index in [1.165, 1.54) is 0 Å². The first kappa shape index (κ1) is 15.0. The van der Waals surface area contributed by atoms with E-state index < -0.39 is 0 Å². The molecule has 2 saturated heterocycles. The number of carbonyl (C=O) groups excluding carboxylic acids is 2. The van der Waals surface area contributed by atoms with Crippen molar-refractivity contribution in [3.63, 3.8) is 0 Å². The van der Waals surface area contributed by atoms with Crippen LogP contribution in [0.5, 0.6) is 0 Å². The van der Waals surface area contributed by atoms with Gasteiger partial charge in [0.05, 0.1) is 18.2 Å². The van der Waals surface area contributed by atoms with Crippen LogP contribution in [0.25, 0.3) is 0 Å². The van der Waals surface area contributed by atoms with Crippen LogP contribution in [0.1, 0.15) is 42.9 Å². The van der Waals surface area contributed by atoms with Gasteiger partial charge in [-0.1, -0.05) is 19.9 Å². The molecule has 0 saturated carbocycles. The van der Waals surface area contributed by atoms with Gasteiger partial charge in [0.1, 0.15) is 5.69 Å². The van der Waals surface area contributed by atoms with Crippen LogP contribution in [0.3, 0.4) is 0 Å². The average molecular weight is 301 g/mol. The molecule has 22 heavy (non-hydrogen) atoms. The van der Waals surface area contributed by atoms with Crippen LogP contribution in [0.2, 0.25) is 0 Å². The van der Waals surface area contributed by atoms with Gasteiger partial charge < -0.3 is 9.80 Å². The van der Waals surface area contributed by atoms with Crippen LogP contribution >= 0.6 is 0 Å². The van der Waals surface area contributed by atoms with Crippen LogP contribution in [0, 0.1) is 11.8 Å². The summed E-state index contributed by atoms with van der Waals surface area (Å²) in [6.45, 7) is 7.10. The Morgan fingerprint density at radius 3 is 2.68 bits per heavy atom. The molecule has 3 heterocycles. The van der Waals surface area contributed by atoms with E-state index in [1.54, 1.807) is 6.07 Å². The molecule has 1 aromatic rings. The summed E-state index contributed by atoms with van der Waals surface area (Å²) in [5, 5.41) is 0. The van der Waals surface area contributed by atoms with Crippen molar-refractivity contribution in [3.8, 4) is 0 Å². The number of pyridine rings is 1. The first-order valence-electron chi connectivity index (χ1n) is 8.10. The summed E-state index contributed by atoms with van der Waals surface area (Å²) in [5.74, 6) is 0.747. The Labute approximate surface area is 131 Å². The van der Waals surface area contributed by atoms with Gasteiger partial charge in [0.25, 0.3) is 5.91 Å². The molecule has 0 radical (unpaired) electrons. The molecule has 3 rings (SSSR count). The minimum atomic E-state index is 0.00865. The van der Waals surface area contributed by atoms with Crippen molar-refractivity contribution in [1.29, 1.82) is 0 Å². The molecule has 0 aliphatic carbocycles. The molecule has 1 aromatic heterocycles. The second-order valence-corrected chi connectivity index (χ2v) is 6.58. The molecule has 0 bridgehead atoms. The summed E-state index contributed by atoms with van der Waals surface area (Å²) >= 11 is 0. The van der Waals surface area contributed by atoms with Crippen LogP contribution in [0.4, 0.5) is 0 Å². The predicted octanol–water partition coefficient (Wildman–Crippen LogP) is 1.93. The van der Waals surface area contributed by atoms with Crippen LogP contribution in [-0.4, -0.2) is 46.2 Å². The van der Waals surface area contributed by atoms with Gasteiger partial charge in [-0.05, 0) is 30.9 Å². The molecular formula is C17H23N3O2. The Bertz CT molecular complexity index is 579. The Morgan fingerprint density at radius 1 is 1.32 bits per heavy atom. The summed E-state index contributed by atoms with van der Waals surface area (Å²) in [4.78, 5) is 32.5. The third-order valence-corrected chi connectivity index (χ3v) is 4.62. The number of rotatable bonds is 4. The fourth-order valence-electron chi connectivity index (χ4n) is 3.13. The number of carbonyl (C=O) groups is 2. The highest BCUT2D eigenvalue weighted by atomic mass is 16.2. The van der Waals surface area contributed by atoms with Crippen molar-refractivity contribution in [2.24, 2.45) is 11.8 Å². The monoisotopic (exact) mass is 301 g/mol. The fraction of sp³-hybridized carbons (Fsp3) is 0.588. The third kappa shape index (κ3) is 2.85. The largest absolute Gasteiger partial charge is 0.337 e. The molecule has 5 nitrogen and oxygen atoms in total. The Balaban J connectivity index is 1.65. The number of amides is 2. The summed E-state index contributed by atoms with van der Waals surface area (Å²) in [7, 11) is 0. The maximum absolute atomic E-state index is 12.4. The molecular weight excluding hydrogens is 278 g/mol. The van der Waals surface area contributed by atoms with Crippen LogP contribution in [0.15, 0.2) is 18.2 Å². The van der Waals surface area contributed by atoms with Gasteiger partial charge >= 0.3 is 0 Å². The number of hydrogen-bond acceptors (Lipinski definition) is 3. The smallest absolute Gasteiger partial charge is 0.272 e. The quantitative estimate of drug-likeness (QED) is 0.799. The van der Waals surface area contributed by atoms with Crippen molar-refractivity contribution < 1.29 is 9.59 Å². The summed E-state index contributed by atoms with van der Waals surface area (Å²) < 4.78 is 0. The number of likely N-dealkylation sites (tertiary alicyclic amines) is 2. The average Bonchev–Trinajstić information content (AvgIpc) is 3.04. The summed E-state index contributed by atoms with van der Waals surface area (Å²) in [5.41, 5.74) is 1.29. The lowest BCUT2D eigenvalue weighted by atomic mass is 9.87. The first-order chi connectivity index (χ1) is 10.6. The van der Waals surface area contributed by atoms with Gasteiger partial charge in [-0.25, -0.2) is 4.98 Å². The van der Waals surface area contributed by atoms with Crippen LogP contribution in [-0.2, 0) is 11.3 Å². The minimum absolute atomic E-state index is 0.00865. The van der Waals surface area contributed by atoms with E-state index in [9.17, 15) is 9.59 Å². The first-order valence-corrected chi connectivity index (χ1v) is 8.10. The van der Waals surface area contributed by atoms with Crippen molar-refractivity contribution in [1.82, 2.24) is 14.8 Å². The maximum atomic E-state index is 12.4. The lowest BCUT2D eigenvalue weighted by molar-refractivity contribution is -0.151. The highest BCUT2D eigenvalue weighted by Crippen LogP contribution is 2.26. The Morgan fingerprint density at radius 2 is 2.05 bits per heavy atom. The fourth-order valence-corrected chi connectivity index (χ4v) is 3.13. The van der Waals surface area contributed by atoms with Crippen molar-refractivity contribution in [3.05, 3.63) is 29.6 Å². The van der Waals surface area contributed by atoms with Crippen molar-refractivity contribution in [2.45, 2.75) is 33.2 Å². The SMILES string of the molecule is CC(C)C1CN(Cc2cccc(C(=O)N3CCCC3)n2)C1=O. The van der Waals surface area contributed by atoms with E-state index >= 15 is 0 Å². The Hall–Kier alpha value is -1.91. The number of hydrogen-bond donors (Lipinski definition) is 0. The van der Waals surface area contributed by atoms with E-state index in [1.807, 2.05) is 21.9 Å². The molecule has 118 valence electrons. The van der Waals surface area contributed by atoms with Crippen molar-refractivity contribution >= 4 is 11.8 Å². The lowest BCUT2D eigenvalue weighted by Crippen LogP contribution is -2.53. The van der Waals surface area contributed by atoms with Gasteiger partial charge in [-0.15, -0.1) is 0 Å². The van der Waals surface area contributed by atoms with Gasteiger partial charge in [-0.2, -0.15) is 0 Å². The predicted molar refractivity (Wildman–Crippen MR) is 83.1 cm³/mol. The van der Waals surface area contributed by atoms with Gasteiger partial charge in [0.15, 0.2) is 0 Å². The molecule has 2 fully saturated rings. The van der Waals surface area contributed by atoms with E-state index in [4.69, 9.17) is 0 Å². The zero-order chi connectivity index (χ0) is 15.7. The lowest BCUT2D eigenvalue weighted by Gasteiger charge is -2.40. The van der Waals surface area contributed by atoms with E-state index in [2.05, 4.69) is 18.8 Å². The second kappa shape index (κ2) is 6.07. The van der Waals surface area contributed by atoms with Crippen molar-refractivity contribution in [2.75, 3.05) is 19.6 Å². The summed E-state index contributed by atoms with van der Waals surface area (Å²) in [6, 6.07) is 5.51. The summed E-state index contributed by atoms with van der Waals surface area (Å²) in [6.07, 6.45) is 2.15. The standard InChI is InChI=1S/C17H23N3O2/c1-12(2)14-11-20(16(14)21)10-13-6-5-7-15(18-13)17(22)19-8-3-4-9-19/h5-7,12,14H,3-4,8-11H2,1-2H3. The molecule has 1 atom stereocenters. The normalized spacial score (nSPS) is 21.4. The van der Waals surface area contributed by atoms with E-state index in [-0.39, 0.29) is 17.7 Å². The van der Waals surface area contributed by atoms with Crippen LogP contribution < -0.4 is 0 Å². The van der Waals surface area contributed by atoms with E-state index in [0.29, 0.717) is 18.2 Å². The molecule has 2 aliphatic heterocycles. The minimum Gasteiger partial charge on any atom is -0.337 e. The molecule has 5 heteroatoms. The molecule has 0 N–H and O–H groups in total. The second-order valence-electron chi connectivity index (χ2n) is 6.58. The zero-order valence-corrected chi connectivity index (χ0v) is 13.3. The molecule has 1 unspecified atom stereocenters. The number of nitrogens with zero attached hydrogens (tertiary/aromatic N) is 3. The molecule has 0 spiro atoms. The number of β-lactam (4-membered cyclic amide) rings is 1. The maximum Gasteiger partial charge on any atom is 0.272 e. The highest BCUT2D eigenvalue weighted by Gasteiger charge is 2.38. The van der Waals surface area contributed by atoms with Gasteiger partial charge in [0, 0.05) is 19.6 Å². The molecule has 2 aliphatic rings. The number of aromatic nitrogens is 1.